The van der Waals surface area contributed by atoms with Crippen LogP contribution in [0.25, 0.3) is 0 Å². The van der Waals surface area contributed by atoms with E-state index >= 15 is 0 Å². The molecule has 1 heterocycles. The summed E-state index contributed by atoms with van der Waals surface area (Å²) in [5.74, 6) is 0. The third-order valence-corrected chi connectivity index (χ3v) is 5.35. The molecule has 2 rings (SSSR count). The van der Waals surface area contributed by atoms with Gasteiger partial charge in [0.15, 0.2) is 0 Å². The molecule has 1 N–H and O–H groups in total. The maximum atomic E-state index is 3.67. The van der Waals surface area contributed by atoms with E-state index in [4.69, 9.17) is 0 Å². The Hall–Kier alpha value is -0.380. The summed E-state index contributed by atoms with van der Waals surface area (Å²) in [4.78, 5) is 4.21. The Morgan fingerprint density at radius 2 is 2.20 bits per heavy atom. The molecule has 0 spiro atoms. The predicted octanol–water partition coefficient (Wildman–Crippen LogP) is 4.13. The minimum Gasteiger partial charge on any atom is -0.314 e. The third-order valence-electron chi connectivity index (χ3n) is 4.49. The monoisotopic (exact) mass is 294 g/mol. The highest BCUT2D eigenvalue weighted by Crippen LogP contribution is 2.33. The molecule has 0 amide bonds. The minimum atomic E-state index is 0.315. The topological polar surface area (TPSA) is 15.3 Å². The lowest BCUT2D eigenvalue weighted by Crippen LogP contribution is -2.47. The first-order valence-corrected chi connectivity index (χ1v) is 8.90. The van der Waals surface area contributed by atoms with Crippen LogP contribution >= 0.6 is 11.3 Å². The Morgan fingerprint density at radius 3 is 2.75 bits per heavy atom. The minimum absolute atomic E-state index is 0.315. The van der Waals surface area contributed by atoms with E-state index in [2.05, 4.69) is 55.4 Å². The average Bonchev–Trinajstić information content (AvgIpc) is 3.14. The standard InChI is InChI=1S/C17H30N2S/c1-5-10-18-14(2)17(3,4)13-19(15-8-9-15)12-16-7-6-11-20-16/h6-7,11,14-15,18H,5,8-10,12-13H2,1-4H3. The Balaban J connectivity index is 1.92. The number of nitrogens with zero attached hydrogens (tertiary/aromatic N) is 1. The van der Waals surface area contributed by atoms with Crippen LogP contribution in [0.4, 0.5) is 0 Å². The largest absolute Gasteiger partial charge is 0.314 e. The summed E-state index contributed by atoms with van der Waals surface area (Å²) in [6, 6.07) is 5.83. The van der Waals surface area contributed by atoms with Crippen molar-refractivity contribution in [3.63, 3.8) is 0 Å². The number of rotatable bonds is 9. The molecule has 0 radical (unpaired) electrons. The van der Waals surface area contributed by atoms with Gasteiger partial charge in [-0.3, -0.25) is 4.90 Å². The van der Waals surface area contributed by atoms with Crippen LogP contribution in [0.1, 0.15) is 51.8 Å². The first kappa shape index (κ1) is 16.0. The van der Waals surface area contributed by atoms with Crippen LogP contribution in [-0.4, -0.2) is 30.1 Å². The zero-order valence-corrected chi connectivity index (χ0v) is 14.3. The molecule has 1 atom stereocenters. The van der Waals surface area contributed by atoms with Gasteiger partial charge in [0.2, 0.25) is 0 Å². The molecule has 0 aliphatic heterocycles. The molecule has 1 aromatic rings. The van der Waals surface area contributed by atoms with Gasteiger partial charge in [-0.05, 0) is 49.6 Å². The van der Waals surface area contributed by atoms with Crippen LogP contribution in [0.5, 0.6) is 0 Å². The van der Waals surface area contributed by atoms with Crippen LogP contribution < -0.4 is 5.32 Å². The van der Waals surface area contributed by atoms with Crippen molar-refractivity contribution in [1.29, 1.82) is 0 Å². The van der Waals surface area contributed by atoms with Gasteiger partial charge < -0.3 is 5.32 Å². The van der Waals surface area contributed by atoms with E-state index in [1.165, 1.54) is 30.7 Å². The van der Waals surface area contributed by atoms with Crippen LogP contribution in [0.15, 0.2) is 17.5 Å². The Labute approximate surface area is 128 Å². The second-order valence-corrected chi connectivity index (χ2v) is 7.91. The molecule has 2 nitrogen and oxygen atoms in total. The summed E-state index contributed by atoms with van der Waals surface area (Å²) in [6.45, 7) is 12.8. The highest BCUT2D eigenvalue weighted by molar-refractivity contribution is 7.09. The smallest absolute Gasteiger partial charge is 0.0331 e. The van der Waals surface area contributed by atoms with Crippen LogP contribution in [0.3, 0.4) is 0 Å². The molecule has 1 aliphatic rings. The quantitative estimate of drug-likeness (QED) is 0.737. The molecular formula is C17H30N2S. The molecule has 1 saturated carbocycles. The first-order chi connectivity index (χ1) is 9.53. The van der Waals surface area contributed by atoms with E-state index in [-0.39, 0.29) is 0 Å². The van der Waals surface area contributed by atoms with Crippen molar-refractivity contribution in [2.24, 2.45) is 5.41 Å². The second-order valence-electron chi connectivity index (χ2n) is 6.88. The first-order valence-electron chi connectivity index (χ1n) is 8.02. The van der Waals surface area contributed by atoms with Crippen molar-refractivity contribution >= 4 is 11.3 Å². The summed E-state index contributed by atoms with van der Waals surface area (Å²) in [7, 11) is 0. The highest BCUT2D eigenvalue weighted by atomic mass is 32.1. The lowest BCUT2D eigenvalue weighted by molar-refractivity contribution is 0.131. The van der Waals surface area contributed by atoms with Crippen molar-refractivity contribution in [3.05, 3.63) is 22.4 Å². The predicted molar refractivity (Wildman–Crippen MR) is 89.3 cm³/mol. The van der Waals surface area contributed by atoms with Crippen molar-refractivity contribution in [2.75, 3.05) is 13.1 Å². The fourth-order valence-electron chi connectivity index (χ4n) is 2.65. The molecule has 0 saturated heterocycles. The van der Waals surface area contributed by atoms with Crippen LogP contribution in [0, 0.1) is 5.41 Å². The second kappa shape index (κ2) is 7.06. The number of hydrogen-bond donors (Lipinski definition) is 1. The van der Waals surface area contributed by atoms with Crippen molar-refractivity contribution in [3.8, 4) is 0 Å². The van der Waals surface area contributed by atoms with E-state index in [0.29, 0.717) is 11.5 Å². The maximum absolute atomic E-state index is 3.67. The molecule has 1 unspecified atom stereocenters. The molecular weight excluding hydrogens is 264 g/mol. The van der Waals surface area contributed by atoms with Crippen LogP contribution in [-0.2, 0) is 6.54 Å². The SMILES string of the molecule is CCCNC(C)C(C)(C)CN(Cc1cccs1)C1CC1. The highest BCUT2D eigenvalue weighted by Gasteiger charge is 2.35. The van der Waals surface area contributed by atoms with Gasteiger partial charge in [0.1, 0.15) is 0 Å². The lowest BCUT2D eigenvalue weighted by Gasteiger charge is -2.37. The molecule has 114 valence electrons. The summed E-state index contributed by atoms with van der Waals surface area (Å²) in [5, 5.41) is 5.86. The van der Waals surface area contributed by atoms with Crippen LogP contribution in [0.2, 0.25) is 0 Å². The van der Waals surface area contributed by atoms with Gasteiger partial charge in [-0.15, -0.1) is 11.3 Å². The van der Waals surface area contributed by atoms with Crippen molar-refractivity contribution in [2.45, 2.75) is 65.6 Å². The number of thiophene rings is 1. The fraction of sp³-hybridized carbons (Fsp3) is 0.765. The summed E-state index contributed by atoms with van der Waals surface area (Å²) in [5.41, 5.74) is 0.315. The Kier molecular flexibility index (Phi) is 5.65. The summed E-state index contributed by atoms with van der Waals surface area (Å²) in [6.07, 6.45) is 3.98. The summed E-state index contributed by atoms with van der Waals surface area (Å²) < 4.78 is 0. The molecule has 0 aromatic carbocycles. The fourth-order valence-corrected chi connectivity index (χ4v) is 3.38. The molecule has 1 fully saturated rings. The van der Waals surface area contributed by atoms with Crippen molar-refractivity contribution in [1.82, 2.24) is 10.2 Å². The molecule has 3 heteroatoms. The van der Waals surface area contributed by atoms with E-state index < -0.39 is 0 Å². The molecule has 1 aliphatic carbocycles. The van der Waals surface area contributed by atoms with E-state index in [1.807, 2.05) is 11.3 Å². The van der Waals surface area contributed by atoms with Crippen molar-refractivity contribution < 1.29 is 0 Å². The number of hydrogen-bond acceptors (Lipinski definition) is 3. The van der Waals surface area contributed by atoms with E-state index in [0.717, 1.165) is 19.1 Å². The van der Waals surface area contributed by atoms with Gasteiger partial charge >= 0.3 is 0 Å². The van der Waals surface area contributed by atoms with E-state index in [1.54, 1.807) is 0 Å². The Bertz CT molecular complexity index is 382. The third kappa shape index (κ3) is 4.57. The van der Waals surface area contributed by atoms with Gasteiger partial charge in [0.05, 0.1) is 0 Å². The maximum Gasteiger partial charge on any atom is 0.0331 e. The van der Waals surface area contributed by atoms with Gasteiger partial charge in [-0.25, -0.2) is 0 Å². The van der Waals surface area contributed by atoms with Gasteiger partial charge in [0, 0.05) is 30.1 Å². The van der Waals surface area contributed by atoms with Gasteiger partial charge in [-0.2, -0.15) is 0 Å². The lowest BCUT2D eigenvalue weighted by atomic mass is 9.84. The average molecular weight is 295 g/mol. The van der Waals surface area contributed by atoms with Gasteiger partial charge in [0.25, 0.3) is 0 Å². The Morgan fingerprint density at radius 1 is 1.45 bits per heavy atom. The van der Waals surface area contributed by atoms with E-state index in [9.17, 15) is 0 Å². The zero-order chi connectivity index (χ0) is 14.6. The number of nitrogens with one attached hydrogen (secondary N) is 1. The molecule has 20 heavy (non-hydrogen) atoms. The normalized spacial score (nSPS) is 17.6. The molecule has 0 bridgehead atoms. The summed E-state index contributed by atoms with van der Waals surface area (Å²) >= 11 is 1.89. The molecule has 1 aromatic heterocycles. The zero-order valence-electron chi connectivity index (χ0n) is 13.5. The van der Waals surface area contributed by atoms with Gasteiger partial charge in [-0.1, -0.05) is 26.8 Å².